The van der Waals surface area contributed by atoms with Gasteiger partial charge in [-0.3, -0.25) is 0 Å². The Morgan fingerprint density at radius 2 is 1.93 bits per heavy atom. The first-order valence-electron chi connectivity index (χ1n) is 6.08. The molecule has 0 aromatic heterocycles. The highest BCUT2D eigenvalue weighted by molar-refractivity contribution is 4.78. The lowest BCUT2D eigenvalue weighted by Crippen LogP contribution is -2.36. The molecule has 3 heteroatoms. The Bertz CT molecular complexity index is 174. The van der Waals surface area contributed by atoms with E-state index in [4.69, 9.17) is 4.74 Å². The smallest absolute Gasteiger partial charge is 0.0849 e. The van der Waals surface area contributed by atoms with E-state index in [1.807, 2.05) is 20.9 Å². The van der Waals surface area contributed by atoms with Crippen LogP contribution in [0.2, 0.25) is 0 Å². The maximum atomic E-state index is 9.81. The maximum absolute atomic E-state index is 9.81. The Balaban J connectivity index is 2.19. The molecule has 1 saturated carbocycles. The number of hydrogen-bond acceptors (Lipinski definition) is 3. The van der Waals surface area contributed by atoms with E-state index in [0.29, 0.717) is 18.8 Å². The lowest BCUT2D eigenvalue weighted by atomic mass is 9.93. The van der Waals surface area contributed by atoms with Gasteiger partial charge in [-0.15, -0.1) is 0 Å². The van der Waals surface area contributed by atoms with E-state index < -0.39 is 5.60 Å². The maximum Gasteiger partial charge on any atom is 0.0849 e. The second kappa shape index (κ2) is 5.83. The zero-order valence-electron chi connectivity index (χ0n) is 10.3. The fourth-order valence-electron chi connectivity index (χ4n) is 1.92. The molecule has 15 heavy (non-hydrogen) atoms. The molecule has 3 nitrogen and oxygen atoms in total. The molecule has 0 heterocycles. The fraction of sp³-hybridized carbons (Fsp3) is 1.00. The standard InChI is InChI=1S/C12H25NO2/c1-4-12(2,14)9-15-11-7-5-10(13-3)6-8-11/h10-11,13-14H,4-9H2,1-3H3. The Kier molecular flexibility index (Phi) is 5.03. The minimum absolute atomic E-state index is 0.354. The second-order valence-corrected chi connectivity index (χ2v) is 4.92. The van der Waals surface area contributed by atoms with Crippen molar-refractivity contribution in [2.24, 2.45) is 0 Å². The molecule has 1 aliphatic rings. The van der Waals surface area contributed by atoms with Gasteiger partial charge in [-0.1, -0.05) is 6.92 Å². The molecular weight excluding hydrogens is 190 g/mol. The number of ether oxygens (including phenoxy) is 1. The molecule has 0 saturated heterocycles. The number of hydrogen-bond donors (Lipinski definition) is 2. The van der Waals surface area contributed by atoms with E-state index in [1.165, 1.54) is 12.8 Å². The van der Waals surface area contributed by atoms with Gasteiger partial charge in [0.1, 0.15) is 0 Å². The van der Waals surface area contributed by atoms with Gasteiger partial charge in [0, 0.05) is 6.04 Å². The number of nitrogens with one attached hydrogen (secondary N) is 1. The molecule has 0 bridgehead atoms. The van der Waals surface area contributed by atoms with Crippen molar-refractivity contribution in [3.8, 4) is 0 Å². The molecule has 0 spiro atoms. The Labute approximate surface area is 93.2 Å². The first kappa shape index (κ1) is 12.9. The van der Waals surface area contributed by atoms with Crippen LogP contribution in [-0.4, -0.2) is 36.5 Å². The molecule has 0 aromatic carbocycles. The zero-order chi connectivity index (χ0) is 11.3. The summed E-state index contributed by atoms with van der Waals surface area (Å²) in [5.74, 6) is 0. The van der Waals surface area contributed by atoms with Crippen LogP contribution in [0, 0.1) is 0 Å². The fourth-order valence-corrected chi connectivity index (χ4v) is 1.92. The predicted molar refractivity (Wildman–Crippen MR) is 62.0 cm³/mol. The summed E-state index contributed by atoms with van der Waals surface area (Å²) in [6.45, 7) is 4.30. The van der Waals surface area contributed by atoms with Crippen LogP contribution in [0.3, 0.4) is 0 Å². The molecule has 0 aromatic rings. The van der Waals surface area contributed by atoms with Crippen LogP contribution in [0.15, 0.2) is 0 Å². The molecular formula is C12H25NO2. The van der Waals surface area contributed by atoms with Crippen LogP contribution < -0.4 is 5.32 Å². The van der Waals surface area contributed by atoms with Crippen LogP contribution in [0.1, 0.15) is 46.0 Å². The van der Waals surface area contributed by atoms with Gasteiger partial charge in [0.2, 0.25) is 0 Å². The van der Waals surface area contributed by atoms with Crippen molar-refractivity contribution >= 4 is 0 Å². The van der Waals surface area contributed by atoms with Gasteiger partial charge in [0.15, 0.2) is 0 Å². The monoisotopic (exact) mass is 215 g/mol. The predicted octanol–water partition coefficient (Wildman–Crippen LogP) is 1.69. The summed E-state index contributed by atoms with van der Waals surface area (Å²) in [6, 6.07) is 0.663. The highest BCUT2D eigenvalue weighted by atomic mass is 16.5. The molecule has 90 valence electrons. The van der Waals surface area contributed by atoms with Gasteiger partial charge in [-0.25, -0.2) is 0 Å². The lowest BCUT2D eigenvalue weighted by molar-refractivity contribution is -0.0745. The number of aliphatic hydroxyl groups is 1. The van der Waals surface area contributed by atoms with E-state index in [-0.39, 0.29) is 0 Å². The minimum atomic E-state index is -0.653. The Morgan fingerprint density at radius 3 is 2.40 bits per heavy atom. The highest BCUT2D eigenvalue weighted by Gasteiger charge is 2.24. The molecule has 2 N–H and O–H groups in total. The van der Waals surface area contributed by atoms with E-state index in [0.717, 1.165) is 19.3 Å². The summed E-state index contributed by atoms with van der Waals surface area (Å²) < 4.78 is 5.75. The largest absolute Gasteiger partial charge is 0.388 e. The first-order valence-corrected chi connectivity index (χ1v) is 6.08. The van der Waals surface area contributed by atoms with Gasteiger partial charge in [0.05, 0.1) is 18.3 Å². The Morgan fingerprint density at radius 1 is 1.33 bits per heavy atom. The summed E-state index contributed by atoms with van der Waals surface area (Å²) in [5.41, 5.74) is -0.653. The number of rotatable bonds is 5. The van der Waals surface area contributed by atoms with Gasteiger partial charge < -0.3 is 15.2 Å². The molecule has 1 unspecified atom stereocenters. The summed E-state index contributed by atoms with van der Waals surface area (Å²) in [4.78, 5) is 0. The first-order chi connectivity index (χ1) is 7.07. The van der Waals surface area contributed by atoms with E-state index in [2.05, 4.69) is 5.32 Å². The topological polar surface area (TPSA) is 41.5 Å². The molecule has 1 aliphatic carbocycles. The molecule has 1 atom stereocenters. The normalized spacial score (nSPS) is 31.2. The quantitative estimate of drug-likeness (QED) is 0.733. The van der Waals surface area contributed by atoms with Crippen molar-refractivity contribution in [1.29, 1.82) is 0 Å². The van der Waals surface area contributed by atoms with Crippen LogP contribution in [0.5, 0.6) is 0 Å². The third-order valence-electron chi connectivity index (χ3n) is 3.47. The van der Waals surface area contributed by atoms with Gasteiger partial charge in [-0.05, 0) is 46.1 Å². The van der Waals surface area contributed by atoms with E-state index in [1.54, 1.807) is 0 Å². The van der Waals surface area contributed by atoms with Crippen molar-refractivity contribution in [2.75, 3.05) is 13.7 Å². The van der Waals surface area contributed by atoms with Gasteiger partial charge in [0.25, 0.3) is 0 Å². The molecule has 0 aliphatic heterocycles. The average molecular weight is 215 g/mol. The van der Waals surface area contributed by atoms with Crippen molar-refractivity contribution in [3.05, 3.63) is 0 Å². The highest BCUT2D eigenvalue weighted by Crippen LogP contribution is 2.22. The van der Waals surface area contributed by atoms with Gasteiger partial charge in [-0.2, -0.15) is 0 Å². The van der Waals surface area contributed by atoms with Crippen molar-refractivity contribution in [2.45, 2.75) is 63.7 Å². The summed E-state index contributed by atoms with van der Waals surface area (Å²) in [5, 5.41) is 13.1. The lowest BCUT2D eigenvalue weighted by Gasteiger charge is -2.31. The molecule has 1 fully saturated rings. The van der Waals surface area contributed by atoms with E-state index in [9.17, 15) is 5.11 Å². The van der Waals surface area contributed by atoms with Crippen LogP contribution in [0.25, 0.3) is 0 Å². The Hall–Kier alpha value is -0.120. The molecule has 0 amide bonds. The third kappa shape index (κ3) is 4.49. The average Bonchev–Trinajstić information content (AvgIpc) is 2.27. The van der Waals surface area contributed by atoms with E-state index >= 15 is 0 Å². The van der Waals surface area contributed by atoms with Crippen LogP contribution >= 0.6 is 0 Å². The van der Waals surface area contributed by atoms with Crippen molar-refractivity contribution in [1.82, 2.24) is 5.32 Å². The third-order valence-corrected chi connectivity index (χ3v) is 3.47. The summed E-state index contributed by atoms with van der Waals surface area (Å²) in [7, 11) is 2.02. The van der Waals surface area contributed by atoms with Crippen LogP contribution in [0.4, 0.5) is 0 Å². The minimum Gasteiger partial charge on any atom is -0.388 e. The van der Waals surface area contributed by atoms with Crippen LogP contribution in [-0.2, 0) is 4.74 Å². The molecule has 1 rings (SSSR count). The van der Waals surface area contributed by atoms with Gasteiger partial charge >= 0.3 is 0 Å². The van der Waals surface area contributed by atoms with Crippen molar-refractivity contribution in [3.63, 3.8) is 0 Å². The summed E-state index contributed by atoms with van der Waals surface area (Å²) in [6.07, 6.45) is 5.72. The van der Waals surface area contributed by atoms with Crippen molar-refractivity contribution < 1.29 is 9.84 Å². The SMILES string of the molecule is CCC(C)(O)COC1CCC(NC)CC1. The second-order valence-electron chi connectivity index (χ2n) is 4.92. The summed E-state index contributed by atoms with van der Waals surface area (Å²) >= 11 is 0. The zero-order valence-corrected chi connectivity index (χ0v) is 10.3. The molecule has 0 radical (unpaired) electrons.